The molecular weight excluding hydrogens is 508 g/mol. The van der Waals surface area contributed by atoms with Crippen molar-refractivity contribution in [1.29, 1.82) is 0 Å². The molecule has 0 aliphatic carbocycles. The smallest absolute Gasteiger partial charge is 0.408 e. The first kappa shape index (κ1) is 30.4. The van der Waals surface area contributed by atoms with Crippen molar-refractivity contribution in [1.82, 2.24) is 10.2 Å². The number of ether oxygens (including phenoxy) is 1. The van der Waals surface area contributed by atoms with Crippen molar-refractivity contribution in [2.45, 2.75) is 58.7 Å². The summed E-state index contributed by atoms with van der Waals surface area (Å²) in [7, 11) is 0. The number of halogens is 1. The summed E-state index contributed by atoms with van der Waals surface area (Å²) >= 11 is 6.35. The number of aryl methyl sites for hydroxylation is 2. The molecule has 0 bridgehead atoms. The Morgan fingerprint density at radius 2 is 1.79 bits per heavy atom. The van der Waals surface area contributed by atoms with Gasteiger partial charge in [-0.05, 0) is 51.8 Å². The van der Waals surface area contributed by atoms with E-state index in [1.807, 2.05) is 13.0 Å². The molecule has 0 saturated heterocycles. The van der Waals surface area contributed by atoms with E-state index in [0.717, 1.165) is 11.1 Å². The number of anilines is 1. The third-order valence-electron chi connectivity index (χ3n) is 5.39. The number of nitrogens with one attached hydrogen (secondary N) is 2. The average Bonchev–Trinajstić information content (AvgIpc) is 2.79. The van der Waals surface area contributed by atoms with Crippen LogP contribution in [0.15, 0.2) is 55.1 Å². The second kappa shape index (κ2) is 13.1. The van der Waals surface area contributed by atoms with Crippen molar-refractivity contribution in [2.24, 2.45) is 5.73 Å². The maximum Gasteiger partial charge on any atom is 0.408 e. The van der Waals surface area contributed by atoms with E-state index in [-0.39, 0.29) is 6.54 Å². The number of nitrogens with zero attached hydrogens (tertiary/aromatic N) is 1. The molecule has 0 heterocycles. The zero-order chi connectivity index (χ0) is 28.6. The lowest BCUT2D eigenvalue weighted by molar-refractivity contribution is -0.141. The Bertz CT molecular complexity index is 1190. The van der Waals surface area contributed by atoms with Crippen LogP contribution in [0.4, 0.5) is 10.5 Å². The number of hydrogen-bond acceptors (Lipinski definition) is 5. The Morgan fingerprint density at radius 1 is 1.13 bits per heavy atom. The van der Waals surface area contributed by atoms with Crippen molar-refractivity contribution >= 4 is 41.1 Å². The van der Waals surface area contributed by atoms with E-state index in [9.17, 15) is 19.2 Å². The third-order valence-corrected chi connectivity index (χ3v) is 5.71. The molecule has 0 saturated carbocycles. The molecule has 2 aromatic carbocycles. The van der Waals surface area contributed by atoms with Gasteiger partial charge in [0.25, 0.3) is 5.91 Å². The van der Waals surface area contributed by atoms with Gasteiger partial charge < -0.3 is 26.0 Å². The fraction of sp³-hybridized carbons (Fsp3) is 0.357. The maximum absolute atomic E-state index is 13.9. The van der Waals surface area contributed by atoms with Crippen LogP contribution < -0.4 is 16.4 Å². The number of amides is 4. The lowest BCUT2D eigenvalue weighted by Crippen LogP contribution is -2.53. The SMILES string of the molecule is C=CCN(C(=O)C(CC(N)=O)NC(=O)OC(C)(C)C)C(C(=O)Nc1c(C)cccc1Cl)c1cccc(C)c1. The Labute approximate surface area is 228 Å². The Balaban J connectivity index is 2.55. The summed E-state index contributed by atoms with van der Waals surface area (Å²) < 4.78 is 5.27. The van der Waals surface area contributed by atoms with E-state index >= 15 is 0 Å². The van der Waals surface area contributed by atoms with Crippen molar-refractivity contribution < 1.29 is 23.9 Å². The summed E-state index contributed by atoms with van der Waals surface area (Å²) in [5, 5.41) is 5.60. The molecule has 0 aliphatic heterocycles. The minimum absolute atomic E-state index is 0.0718. The van der Waals surface area contributed by atoms with Gasteiger partial charge in [-0.25, -0.2) is 4.79 Å². The van der Waals surface area contributed by atoms with Gasteiger partial charge in [0.1, 0.15) is 17.7 Å². The molecule has 38 heavy (non-hydrogen) atoms. The normalized spacial score (nSPS) is 12.6. The molecular formula is C28H35ClN4O5. The van der Waals surface area contributed by atoms with Crippen molar-refractivity contribution in [3.63, 3.8) is 0 Å². The first-order valence-corrected chi connectivity index (χ1v) is 12.4. The van der Waals surface area contributed by atoms with E-state index in [2.05, 4.69) is 17.2 Å². The fourth-order valence-electron chi connectivity index (χ4n) is 3.81. The molecule has 4 amide bonds. The van der Waals surface area contributed by atoms with E-state index in [0.29, 0.717) is 16.3 Å². The monoisotopic (exact) mass is 542 g/mol. The molecule has 0 aliphatic rings. The average molecular weight is 543 g/mol. The highest BCUT2D eigenvalue weighted by Crippen LogP contribution is 2.29. The minimum atomic E-state index is -1.38. The number of benzene rings is 2. The highest BCUT2D eigenvalue weighted by atomic mass is 35.5. The maximum atomic E-state index is 13.9. The number of alkyl carbamates (subject to hydrolysis) is 1. The van der Waals surface area contributed by atoms with E-state index in [1.165, 1.54) is 11.0 Å². The summed E-state index contributed by atoms with van der Waals surface area (Å²) in [4.78, 5) is 53.2. The largest absolute Gasteiger partial charge is 0.444 e. The quantitative estimate of drug-likeness (QED) is 0.382. The van der Waals surface area contributed by atoms with E-state index in [4.69, 9.17) is 22.1 Å². The topological polar surface area (TPSA) is 131 Å². The minimum Gasteiger partial charge on any atom is -0.444 e. The predicted octanol–water partition coefficient (Wildman–Crippen LogP) is 4.42. The van der Waals surface area contributed by atoms with Crippen LogP contribution in [0.1, 0.15) is 49.9 Å². The molecule has 4 N–H and O–H groups in total. The van der Waals surface area contributed by atoms with Gasteiger partial charge in [-0.3, -0.25) is 14.4 Å². The molecule has 2 aromatic rings. The van der Waals surface area contributed by atoms with Gasteiger partial charge in [-0.2, -0.15) is 0 Å². The number of rotatable bonds is 10. The fourth-order valence-corrected chi connectivity index (χ4v) is 4.08. The van der Waals surface area contributed by atoms with E-state index in [1.54, 1.807) is 64.1 Å². The van der Waals surface area contributed by atoms with Crippen LogP contribution in [0.25, 0.3) is 0 Å². The summed E-state index contributed by atoms with van der Waals surface area (Å²) in [5.74, 6) is -2.08. The standard InChI is InChI=1S/C28H35ClN4O5/c1-7-14-33(26(36)21(16-22(30)34)31-27(37)38-28(4,5)6)24(19-12-8-10-17(2)15-19)25(35)32-23-18(3)11-9-13-20(23)29/h7-13,15,21,24H,1,14,16H2,2-6H3,(H2,30,34)(H,31,37)(H,32,35). The zero-order valence-electron chi connectivity index (χ0n) is 22.3. The summed E-state index contributed by atoms with van der Waals surface area (Å²) in [5.41, 5.74) is 7.06. The zero-order valence-corrected chi connectivity index (χ0v) is 23.1. The number of carbonyl (C=O) groups is 4. The van der Waals surface area contributed by atoms with Crippen LogP contribution in [-0.2, 0) is 19.1 Å². The molecule has 2 atom stereocenters. The highest BCUT2D eigenvalue weighted by Gasteiger charge is 2.37. The molecule has 0 spiro atoms. The van der Waals surface area contributed by atoms with Gasteiger partial charge in [0.15, 0.2) is 0 Å². The first-order valence-electron chi connectivity index (χ1n) is 12.0. The van der Waals surface area contributed by atoms with Gasteiger partial charge in [-0.15, -0.1) is 6.58 Å². The number of nitrogens with two attached hydrogens (primary N) is 1. The number of para-hydroxylation sites is 1. The lowest BCUT2D eigenvalue weighted by Gasteiger charge is -2.34. The van der Waals surface area contributed by atoms with Crippen LogP contribution in [0.5, 0.6) is 0 Å². The van der Waals surface area contributed by atoms with Gasteiger partial charge in [0, 0.05) is 6.54 Å². The molecule has 10 heteroatoms. The van der Waals surface area contributed by atoms with Gasteiger partial charge in [0.05, 0.1) is 17.1 Å². The molecule has 0 radical (unpaired) electrons. The highest BCUT2D eigenvalue weighted by molar-refractivity contribution is 6.34. The second-order valence-corrected chi connectivity index (χ2v) is 10.3. The molecule has 9 nitrogen and oxygen atoms in total. The molecule has 2 unspecified atom stereocenters. The third kappa shape index (κ3) is 8.62. The predicted molar refractivity (Wildman–Crippen MR) is 148 cm³/mol. The van der Waals surface area contributed by atoms with Crippen LogP contribution in [0.2, 0.25) is 5.02 Å². The number of carbonyl (C=O) groups excluding carboxylic acids is 4. The van der Waals surface area contributed by atoms with Crippen LogP contribution in [0.3, 0.4) is 0 Å². The van der Waals surface area contributed by atoms with Crippen molar-refractivity contribution in [2.75, 3.05) is 11.9 Å². The van der Waals surface area contributed by atoms with Crippen LogP contribution in [0, 0.1) is 13.8 Å². The Hall–Kier alpha value is -3.85. The summed E-state index contributed by atoms with van der Waals surface area (Å²) in [6, 6.07) is 9.77. The summed E-state index contributed by atoms with van der Waals surface area (Å²) in [6.45, 7) is 12.3. The molecule has 2 rings (SSSR count). The van der Waals surface area contributed by atoms with Gasteiger partial charge in [0.2, 0.25) is 11.8 Å². The van der Waals surface area contributed by atoms with Crippen molar-refractivity contribution in [3.05, 3.63) is 76.8 Å². The first-order chi connectivity index (χ1) is 17.7. The van der Waals surface area contributed by atoms with Crippen LogP contribution >= 0.6 is 11.6 Å². The van der Waals surface area contributed by atoms with E-state index < -0.39 is 47.9 Å². The lowest BCUT2D eigenvalue weighted by atomic mass is 10.00. The number of hydrogen-bond donors (Lipinski definition) is 3. The molecule has 0 aromatic heterocycles. The summed E-state index contributed by atoms with van der Waals surface area (Å²) in [6.07, 6.45) is 0.0417. The number of primary amides is 1. The molecule has 204 valence electrons. The Morgan fingerprint density at radius 3 is 2.34 bits per heavy atom. The van der Waals surface area contributed by atoms with Gasteiger partial charge >= 0.3 is 6.09 Å². The van der Waals surface area contributed by atoms with Gasteiger partial charge in [-0.1, -0.05) is 59.6 Å². The van der Waals surface area contributed by atoms with Crippen LogP contribution in [-0.4, -0.2) is 46.9 Å². The van der Waals surface area contributed by atoms with Crippen molar-refractivity contribution in [3.8, 4) is 0 Å². The Kier molecular flexibility index (Phi) is 10.5. The second-order valence-electron chi connectivity index (χ2n) is 9.89. The molecule has 0 fully saturated rings.